The first-order chi connectivity index (χ1) is 13.3. The summed E-state index contributed by atoms with van der Waals surface area (Å²) >= 11 is 5.03. The van der Waals surface area contributed by atoms with E-state index in [4.69, 9.17) is 10.2 Å². The van der Waals surface area contributed by atoms with E-state index in [0.29, 0.717) is 12.0 Å². The van der Waals surface area contributed by atoms with Gasteiger partial charge in [-0.3, -0.25) is 0 Å². The second-order valence-electron chi connectivity index (χ2n) is 5.62. The number of hydrogen-bond acceptors (Lipinski definition) is 6. The van der Waals surface area contributed by atoms with Crippen LogP contribution in [0, 0.1) is 22.7 Å². The van der Waals surface area contributed by atoms with E-state index in [1.165, 1.54) is 0 Å². The van der Waals surface area contributed by atoms with Crippen molar-refractivity contribution in [2.75, 3.05) is 10.8 Å². The highest BCUT2D eigenvalue weighted by Gasteiger charge is 2.16. The summed E-state index contributed by atoms with van der Waals surface area (Å²) in [7, 11) is 0. The molecular weight excluding hydrogens is 390 g/mol. The lowest BCUT2D eigenvalue weighted by atomic mass is 10.0. The second-order valence-corrected chi connectivity index (χ2v) is 9.00. The molecule has 0 amide bonds. The molecule has 3 aromatic rings. The molecule has 134 valence electrons. The average molecular weight is 408 g/mol. The van der Waals surface area contributed by atoms with Crippen LogP contribution in [-0.2, 0) is 0 Å². The van der Waals surface area contributed by atoms with E-state index in [0.717, 1.165) is 44.0 Å². The van der Waals surface area contributed by atoms with E-state index in [2.05, 4.69) is 18.2 Å². The molecule has 3 nitrogen and oxygen atoms in total. The molecule has 2 aromatic heterocycles. The highest BCUT2D eigenvalue weighted by Crippen LogP contribution is 2.36. The second kappa shape index (κ2) is 10.2. The number of pyridine rings is 1. The fourth-order valence-corrected chi connectivity index (χ4v) is 5.29. The Bertz CT molecular complexity index is 955. The van der Waals surface area contributed by atoms with Crippen LogP contribution in [0.1, 0.15) is 18.4 Å². The Morgan fingerprint density at radius 1 is 1.07 bits per heavy atom. The van der Waals surface area contributed by atoms with Crippen LogP contribution in [-0.4, -0.2) is 15.8 Å². The molecule has 6 heteroatoms. The Kier molecular flexibility index (Phi) is 7.36. The summed E-state index contributed by atoms with van der Waals surface area (Å²) in [6.45, 7) is 0. The molecule has 0 aliphatic rings. The van der Waals surface area contributed by atoms with E-state index >= 15 is 0 Å². The maximum atomic E-state index is 9.81. The van der Waals surface area contributed by atoms with Gasteiger partial charge in [-0.15, -0.1) is 11.3 Å². The molecule has 0 saturated heterocycles. The van der Waals surface area contributed by atoms with Gasteiger partial charge < -0.3 is 0 Å². The number of unbranched alkanes of at least 4 members (excludes halogenated alkanes) is 1. The van der Waals surface area contributed by atoms with Crippen LogP contribution in [0.5, 0.6) is 0 Å². The molecule has 2 heterocycles. The van der Waals surface area contributed by atoms with Crippen LogP contribution in [0.3, 0.4) is 0 Å². The number of aromatic nitrogens is 1. The van der Waals surface area contributed by atoms with Crippen molar-refractivity contribution < 1.29 is 0 Å². The first kappa shape index (κ1) is 19.5. The van der Waals surface area contributed by atoms with E-state index in [-0.39, 0.29) is 0 Å². The highest BCUT2D eigenvalue weighted by atomic mass is 32.2. The van der Waals surface area contributed by atoms with Crippen molar-refractivity contribution in [2.45, 2.75) is 17.9 Å². The van der Waals surface area contributed by atoms with E-state index in [9.17, 15) is 5.26 Å². The molecule has 3 rings (SSSR count). The van der Waals surface area contributed by atoms with Crippen LogP contribution in [0.4, 0.5) is 0 Å². The highest BCUT2D eigenvalue weighted by molar-refractivity contribution is 8.15. The van der Waals surface area contributed by atoms with Gasteiger partial charge >= 0.3 is 0 Å². The van der Waals surface area contributed by atoms with Gasteiger partial charge in [0.25, 0.3) is 0 Å². The Morgan fingerprint density at radius 2 is 1.93 bits per heavy atom. The van der Waals surface area contributed by atoms with Crippen molar-refractivity contribution in [2.24, 2.45) is 0 Å². The number of hydrogen-bond donors (Lipinski definition) is 0. The predicted molar refractivity (Wildman–Crippen MR) is 116 cm³/mol. The maximum absolute atomic E-state index is 9.81. The zero-order valence-electron chi connectivity index (χ0n) is 14.6. The SMILES string of the molecule is N#CCCCSCSc1nc(-c2cccs2)cc(-c2ccccc2)c1C#N. The third-order valence-corrected chi connectivity index (χ3v) is 6.99. The smallest absolute Gasteiger partial charge is 0.116 e. The van der Waals surface area contributed by atoms with Gasteiger partial charge in [0.15, 0.2) is 0 Å². The van der Waals surface area contributed by atoms with Crippen molar-refractivity contribution in [3.8, 4) is 33.8 Å². The largest absolute Gasteiger partial charge is 0.239 e. The first-order valence-corrected chi connectivity index (χ1v) is 11.5. The number of thioether (sulfide) groups is 2. The van der Waals surface area contributed by atoms with Crippen LogP contribution >= 0.6 is 34.9 Å². The molecule has 0 radical (unpaired) electrons. The normalized spacial score (nSPS) is 10.3. The van der Waals surface area contributed by atoms with Crippen LogP contribution in [0.25, 0.3) is 21.7 Å². The number of thiophene rings is 1. The minimum atomic E-state index is 0.589. The third-order valence-electron chi connectivity index (χ3n) is 3.81. The van der Waals surface area contributed by atoms with E-state index < -0.39 is 0 Å². The fourth-order valence-electron chi connectivity index (χ4n) is 2.54. The minimum absolute atomic E-state index is 0.589. The molecule has 0 unspecified atom stereocenters. The van der Waals surface area contributed by atoms with Crippen molar-refractivity contribution in [1.29, 1.82) is 10.5 Å². The van der Waals surface area contributed by atoms with Crippen LogP contribution in [0.2, 0.25) is 0 Å². The van der Waals surface area contributed by atoms with Gasteiger partial charge in [-0.1, -0.05) is 48.2 Å². The van der Waals surface area contributed by atoms with E-state index in [1.54, 1.807) is 34.9 Å². The summed E-state index contributed by atoms with van der Waals surface area (Å²) in [6, 6.07) is 20.6. The number of nitriles is 2. The van der Waals surface area contributed by atoms with Gasteiger partial charge in [0.2, 0.25) is 0 Å². The molecule has 27 heavy (non-hydrogen) atoms. The number of nitrogens with zero attached hydrogens (tertiary/aromatic N) is 3. The molecule has 0 aliphatic heterocycles. The van der Waals surface area contributed by atoms with Crippen LogP contribution < -0.4 is 0 Å². The molecule has 1 aromatic carbocycles. The molecule has 0 aliphatic carbocycles. The number of rotatable bonds is 8. The van der Waals surface area contributed by atoms with Crippen LogP contribution in [0.15, 0.2) is 58.9 Å². The Morgan fingerprint density at radius 3 is 2.63 bits per heavy atom. The fraction of sp³-hybridized carbons (Fsp3) is 0.190. The lowest BCUT2D eigenvalue weighted by Crippen LogP contribution is -1.95. The Hall–Kier alpha value is -2.25. The van der Waals surface area contributed by atoms with Crippen molar-refractivity contribution in [1.82, 2.24) is 4.98 Å². The van der Waals surface area contributed by atoms with Gasteiger partial charge in [0, 0.05) is 17.1 Å². The third kappa shape index (κ3) is 5.14. The molecule has 0 N–H and O–H groups in total. The van der Waals surface area contributed by atoms with Crippen molar-refractivity contribution in [3.63, 3.8) is 0 Å². The summed E-state index contributed by atoms with van der Waals surface area (Å²) in [5.74, 6) is 0.943. The molecular formula is C21H17N3S3. The standard InChI is InChI=1S/C21H17N3S3/c22-10-4-5-11-25-15-27-21-18(14-23)17(16-7-2-1-3-8-16)13-19(24-21)20-9-6-12-26-20/h1-3,6-9,12-13H,4-5,11,15H2. The van der Waals surface area contributed by atoms with E-state index in [1.807, 2.05) is 47.8 Å². The average Bonchev–Trinajstić information content (AvgIpc) is 3.25. The van der Waals surface area contributed by atoms with Gasteiger partial charge in [-0.25, -0.2) is 4.98 Å². The van der Waals surface area contributed by atoms with Gasteiger partial charge in [0.1, 0.15) is 11.1 Å². The molecule has 0 atom stereocenters. The molecule has 0 fully saturated rings. The maximum Gasteiger partial charge on any atom is 0.116 e. The Labute approximate surface area is 172 Å². The summed E-state index contributed by atoms with van der Waals surface area (Å²) < 4.78 is 0. The minimum Gasteiger partial charge on any atom is -0.239 e. The van der Waals surface area contributed by atoms with Gasteiger partial charge in [-0.05, 0) is 35.2 Å². The monoisotopic (exact) mass is 407 g/mol. The zero-order valence-corrected chi connectivity index (χ0v) is 17.0. The molecule has 0 spiro atoms. The Balaban J connectivity index is 1.92. The van der Waals surface area contributed by atoms with Gasteiger partial charge in [0.05, 0.1) is 22.2 Å². The lowest BCUT2D eigenvalue weighted by molar-refractivity contribution is 0.983. The summed E-state index contributed by atoms with van der Waals surface area (Å²) in [4.78, 5) is 5.89. The quantitative estimate of drug-likeness (QED) is 0.244. The molecule has 0 bridgehead atoms. The predicted octanol–water partition coefficient (Wildman–Crippen LogP) is 6.44. The topological polar surface area (TPSA) is 60.5 Å². The number of benzene rings is 1. The first-order valence-electron chi connectivity index (χ1n) is 8.45. The van der Waals surface area contributed by atoms with Gasteiger partial charge in [-0.2, -0.15) is 22.3 Å². The zero-order chi connectivity index (χ0) is 18.9. The summed E-state index contributed by atoms with van der Waals surface area (Å²) in [6.07, 6.45) is 1.48. The summed E-state index contributed by atoms with van der Waals surface area (Å²) in [5, 5.41) is 22.1. The van der Waals surface area contributed by atoms with Crippen molar-refractivity contribution >= 4 is 34.9 Å². The lowest BCUT2D eigenvalue weighted by Gasteiger charge is -2.11. The molecule has 0 saturated carbocycles. The van der Waals surface area contributed by atoms with Crippen molar-refractivity contribution in [3.05, 3.63) is 59.5 Å². The summed E-state index contributed by atoms with van der Waals surface area (Å²) in [5.41, 5.74) is 3.48.